The van der Waals surface area contributed by atoms with E-state index >= 15 is 0 Å². The maximum absolute atomic E-state index is 11.6. The normalized spacial score (nSPS) is 21.7. The van der Waals surface area contributed by atoms with Crippen molar-refractivity contribution in [1.82, 2.24) is 10.2 Å². The number of hydrogen-bond donors (Lipinski definition) is 1. The molecule has 0 saturated carbocycles. The number of nitrogens with zero attached hydrogens (tertiary/aromatic N) is 1. The Morgan fingerprint density at radius 2 is 2.27 bits per heavy atom. The second-order valence-electron chi connectivity index (χ2n) is 3.58. The summed E-state index contributed by atoms with van der Waals surface area (Å²) >= 11 is 1.76. The predicted octanol–water partition coefficient (Wildman–Crippen LogP) is 0.476. The fourth-order valence-corrected chi connectivity index (χ4v) is 2.18. The van der Waals surface area contributed by atoms with Gasteiger partial charge in [-0.25, -0.2) is 0 Å². The molecule has 0 aromatic rings. The summed E-state index contributed by atoms with van der Waals surface area (Å²) in [6.07, 6.45) is 3.69. The van der Waals surface area contributed by atoms with Crippen molar-refractivity contribution >= 4 is 23.6 Å². The van der Waals surface area contributed by atoms with Gasteiger partial charge in [-0.15, -0.1) is 0 Å². The van der Waals surface area contributed by atoms with Crippen molar-refractivity contribution in [3.8, 4) is 0 Å². The summed E-state index contributed by atoms with van der Waals surface area (Å²) < 4.78 is 0. The van der Waals surface area contributed by atoms with Crippen molar-refractivity contribution in [1.29, 1.82) is 0 Å². The molecule has 1 aliphatic rings. The molecule has 4 nitrogen and oxygen atoms in total. The number of carbonyl (C=O) groups excluding carboxylic acids is 2. The molecule has 1 fully saturated rings. The van der Waals surface area contributed by atoms with Crippen molar-refractivity contribution < 1.29 is 9.59 Å². The van der Waals surface area contributed by atoms with Gasteiger partial charge in [0.2, 0.25) is 11.8 Å². The van der Waals surface area contributed by atoms with Crippen molar-refractivity contribution in [3.63, 3.8) is 0 Å². The fraction of sp³-hybridized carbons (Fsp3) is 0.800. The van der Waals surface area contributed by atoms with Gasteiger partial charge in [-0.1, -0.05) is 6.92 Å². The van der Waals surface area contributed by atoms with E-state index in [0.29, 0.717) is 13.0 Å². The van der Waals surface area contributed by atoms with E-state index in [1.54, 1.807) is 16.7 Å². The summed E-state index contributed by atoms with van der Waals surface area (Å²) in [4.78, 5) is 24.8. The van der Waals surface area contributed by atoms with Crippen LogP contribution in [0.4, 0.5) is 0 Å². The molecule has 1 unspecified atom stereocenters. The third-order valence-corrected chi connectivity index (χ3v) is 3.24. The van der Waals surface area contributed by atoms with Crippen LogP contribution in [0.2, 0.25) is 0 Å². The van der Waals surface area contributed by atoms with Gasteiger partial charge in [-0.2, -0.15) is 11.8 Å². The van der Waals surface area contributed by atoms with Crippen LogP contribution < -0.4 is 5.32 Å². The smallest absolute Gasteiger partial charge is 0.243 e. The van der Waals surface area contributed by atoms with Gasteiger partial charge < -0.3 is 10.2 Å². The Labute approximate surface area is 94.8 Å². The number of thioether (sulfide) groups is 1. The highest BCUT2D eigenvalue weighted by atomic mass is 32.2. The summed E-state index contributed by atoms with van der Waals surface area (Å²) in [7, 11) is 0. The van der Waals surface area contributed by atoms with Crippen LogP contribution in [0.15, 0.2) is 0 Å². The molecule has 0 radical (unpaired) electrons. The van der Waals surface area contributed by atoms with Crippen LogP contribution in [-0.2, 0) is 9.59 Å². The SMILES string of the molecule is CCC1C(=O)NCC(=O)N1CCCSC. The lowest BCUT2D eigenvalue weighted by atomic mass is 10.1. The van der Waals surface area contributed by atoms with Crippen molar-refractivity contribution in [2.75, 3.05) is 25.1 Å². The summed E-state index contributed by atoms with van der Waals surface area (Å²) in [6, 6.07) is -0.256. The first-order chi connectivity index (χ1) is 7.20. The predicted molar refractivity (Wildman–Crippen MR) is 61.8 cm³/mol. The molecule has 0 aromatic carbocycles. The van der Waals surface area contributed by atoms with Gasteiger partial charge in [0.25, 0.3) is 0 Å². The summed E-state index contributed by atoms with van der Waals surface area (Å²) in [6.45, 7) is 2.80. The molecule has 15 heavy (non-hydrogen) atoms. The zero-order chi connectivity index (χ0) is 11.3. The molecule has 1 heterocycles. The molecule has 1 aliphatic heterocycles. The molecule has 5 heteroatoms. The van der Waals surface area contributed by atoms with Crippen LogP contribution in [0.3, 0.4) is 0 Å². The molecule has 0 spiro atoms. The number of carbonyl (C=O) groups is 2. The largest absolute Gasteiger partial charge is 0.345 e. The lowest BCUT2D eigenvalue weighted by molar-refractivity contribution is -0.145. The Balaban J connectivity index is 2.54. The van der Waals surface area contributed by atoms with Crippen molar-refractivity contribution in [2.45, 2.75) is 25.8 Å². The molecule has 0 aromatic heterocycles. The average molecular weight is 230 g/mol. The highest BCUT2D eigenvalue weighted by Gasteiger charge is 2.32. The van der Waals surface area contributed by atoms with Crippen LogP contribution in [0.5, 0.6) is 0 Å². The van der Waals surface area contributed by atoms with Gasteiger partial charge in [0.1, 0.15) is 6.04 Å². The maximum Gasteiger partial charge on any atom is 0.243 e. The number of amides is 2. The molecular formula is C10H18N2O2S. The minimum atomic E-state index is -0.256. The maximum atomic E-state index is 11.6. The summed E-state index contributed by atoms with van der Waals surface area (Å²) in [5.74, 6) is 1.06. The molecule has 86 valence electrons. The highest BCUT2D eigenvalue weighted by molar-refractivity contribution is 7.98. The second kappa shape index (κ2) is 6.00. The van der Waals surface area contributed by atoms with Crippen LogP contribution in [0.1, 0.15) is 19.8 Å². The van der Waals surface area contributed by atoms with Gasteiger partial charge >= 0.3 is 0 Å². The van der Waals surface area contributed by atoms with E-state index in [-0.39, 0.29) is 24.4 Å². The molecule has 0 aliphatic carbocycles. The van der Waals surface area contributed by atoms with E-state index in [1.807, 2.05) is 13.2 Å². The van der Waals surface area contributed by atoms with Crippen LogP contribution in [-0.4, -0.2) is 47.9 Å². The number of rotatable bonds is 5. The van der Waals surface area contributed by atoms with Gasteiger partial charge in [0, 0.05) is 6.54 Å². The zero-order valence-corrected chi connectivity index (χ0v) is 10.1. The molecule has 1 atom stereocenters. The van der Waals surface area contributed by atoms with E-state index in [4.69, 9.17) is 0 Å². The summed E-state index contributed by atoms with van der Waals surface area (Å²) in [5, 5.41) is 2.62. The molecule has 2 amide bonds. The summed E-state index contributed by atoms with van der Waals surface area (Å²) in [5.41, 5.74) is 0. The topological polar surface area (TPSA) is 49.4 Å². The van der Waals surface area contributed by atoms with Crippen LogP contribution in [0.25, 0.3) is 0 Å². The Hall–Kier alpha value is -0.710. The standard InChI is InChI=1S/C10H18N2O2S/c1-3-8-10(14)11-7-9(13)12(8)5-4-6-15-2/h8H,3-7H2,1-2H3,(H,11,14). The van der Waals surface area contributed by atoms with E-state index in [1.165, 1.54) is 0 Å². The first kappa shape index (κ1) is 12.4. The lowest BCUT2D eigenvalue weighted by Gasteiger charge is -2.34. The number of piperazine rings is 1. The van der Waals surface area contributed by atoms with Crippen LogP contribution >= 0.6 is 11.8 Å². The van der Waals surface area contributed by atoms with Gasteiger partial charge in [0.15, 0.2) is 0 Å². The Morgan fingerprint density at radius 1 is 1.53 bits per heavy atom. The Morgan fingerprint density at radius 3 is 2.87 bits per heavy atom. The monoisotopic (exact) mass is 230 g/mol. The Bertz CT molecular complexity index is 246. The Kier molecular flexibility index (Phi) is 4.94. The van der Waals surface area contributed by atoms with Crippen LogP contribution in [0, 0.1) is 0 Å². The van der Waals surface area contributed by atoms with Gasteiger partial charge in [0.05, 0.1) is 6.54 Å². The van der Waals surface area contributed by atoms with E-state index in [2.05, 4.69) is 5.32 Å². The molecule has 0 bridgehead atoms. The first-order valence-corrected chi connectivity index (χ1v) is 6.66. The minimum Gasteiger partial charge on any atom is -0.345 e. The average Bonchev–Trinajstić information content (AvgIpc) is 2.23. The third-order valence-electron chi connectivity index (χ3n) is 2.55. The van der Waals surface area contributed by atoms with Gasteiger partial charge in [-0.3, -0.25) is 9.59 Å². The van der Waals surface area contributed by atoms with E-state index in [9.17, 15) is 9.59 Å². The number of hydrogen-bond acceptors (Lipinski definition) is 3. The molecular weight excluding hydrogens is 212 g/mol. The van der Waals surface area contributed by atoms with Crippen molar-refractivity contribution in [2.24, 2.45) is 0 Å². The van der Waals surface area contributed by atoms with Crippen molar-refractivity contribution in [3.05, 3.63) is 0 Å². The molecule has 1 N–H and O–H groups in total. The molecule has 1 rings (SSSR count). The third kappa shape index (κ3) is 3.12. The number of nitrogens with one attached hydrogen (secondary N) is 1. The fourth-order valence-electron chi connectivity index (χ4n) is 1.76. The minimum absolute atomic E-state index is 0.0127. The zero-order valence-electron chi connectivity index (χ0n) is 9.28. The molecule has 1 saturated heterocycles. The highest BCUT2D eigenvalue weighted by Crippen LogP contribution is 2.11. The van der Waals surface area contributed by atoms with E-state index in [0.717, 1.165) is 12.2 Å². The second-order valence-corrected chi connectivity index (χ2v) is 4.56. The quantitative estimate of drug-likeness (QED) is 0.699. The lowest BCUT2D eigenvalue weighted by Crippen LogP contribution is -2.58. The first-order valence-electron chi connectivity index (χ1n) is 5.26. The van der Waals surface area contributed by atoms with Gasteiger partial charge in [-0.05, 0) is 24.9 Å². The van der Waals surface area contributed by atoms with E-state index < -0.39 is 0 Å².